The lowest BCUT2D eigenvalue weighted by molar-refractivity contribution is 0.0526. The monoisotopic (exact) mass is 234 g/mol. The van der Waals surface area contributed by atoms with Gasteiger partial charge in [0, 0.05) is 18.8 Å². The van der Waals surface area contributed by atoms with E-state index in [0.717, 1.165) is 0 Å². The van der Waals surface area contributed by atoms with Crippen LogP contribution >= 0.6 is 0 Å². The molecule has 0 aromatic heterocycles. The van der Waals surface area contributed by atoms with Crippen molar-refractivity contribution in [3.63, 3.8) is 0 Å². The molecule has 1 aromatic carbocycles. The Bertz CT molecular complexity index is 457. The van der Waals surface area contributed by atoms with E-state index in [1.165, 1.54) is 0 Å². The van der Waals surface area contributed by atoms with Gasteiger partial charge in [-0.2, -0.15) is 0 Å². The molecule has 2 rings (SSSR count). The SMILES string of the molecule is CCOC(=O)c1ccc2c(c1)NCCNC2=O. The van der Waals surface area contributed by atoms with Crippen LogP contribution in [0.25, 0.3) is 0 Å². The van der Waals surface area contributed by atoms with Crippen molar-refractivity contribution in [3.05, 3.63) is 29.3 Å². The maximum Gasteiger partial charge on any atom is 0.338 e. The minimum atomic E-state index is -0.373. The first kappa shape index (κ1) is 11.4. The third-order valence-corrected chi connectivity index (χ3v) is 2.50. The molecule has 0 saturated carbocycles. The number of nitrogens with one attached hydrogen (secondary N) is 2. The number of anilines is 1. The van der Waals surface area contributed by atoms with E-state index in [0.29, 0.717) is 36.5 Å². The van der Waals surface area contributed by atoms with Crippen LogP contribution in [0.4, 0.5) is 5.69 Å². The summed E-state index contributed by atoms with van der Waals surface area (Å²) in [7, 11) is 0. The largest absolute Gasteiger partial charge is 0.462 e. The third-order valence-electron chi connectivity index (χ3n) is 2.50. The van der Waals surface area contributed by atoms with Crippen molar-refractivity contribution >= 4 is 17.6 Å². The molecule has 0 atom stereocenters. The highest BCUT2D eigenvalue weighted by Crippen LogP contribution is 2.19. The number of carbonyl (C=O) groups is 2. The number of hydrogen-bond acceptors (Lipinski definition) is 4. The summed E-state index contributed by atoms with van der Waals surface area (Å²) in [5, 5.41) is 5.86. The Morgan fingerprint density at radius 3 is 2.88 bits per heavy atom. The van der Waals surface area contributed by atoms with E-state index in [9.17, 15) is 9.59 Å². The number of carbonyl (C=O) groups excluding carboxylic acids is 2. The van der Waals surface area contributed by atoms with E-state index in [2.05, 4.69) is 10.6 Å². The second kappa shape index (κ2) is 4.86. The highest BCUT2D eigenvalue weighted by atomic mass is 16.5. The van der Waals surface area contributed by atoms with E-state index in [1.807, 2.05) is 0 Å². The average molecular weight is 234 g/mol. The number of esters is 1. The highest BCUT2D eigenvalue weighted by Gasteiger charge is 2.17. The summed E-state index contributed by atoms with van der Waals surface area (Å²) < 4.78 is 4.91. The van der Waals surface area contributed by atoms with Crippen molar-refractivity contribution in [2.75, 3.05) is 25.0 Å². The molecular formula is C12H14N2O3. The number of rotatable bonds is 2. The fraction of sp³-hybridized carbons (Fsp3) is 0.333. The van der Waals surface area contributed by atoms with E-state index in [-0.39, 0.29) is 11.9 Å². The first-order valence-electron chi connectivity index (χ1n) is 5.55. The van der Waals surface area contributed by atoms with Gasteiger partial charge in [0.1, 0.15) is 0 Å². The average Bonchev–Trinajstić information content (AvgIpc) is 2.51. The van der Waals surface area contributed by atoms with Gasteiger partial charge in [-0.15, -0.1) is 0 Å². The molecule has 0 saturated heterocycles. The van der Waals surface area contributed by atoms with Gasteiger partial charge in [-0.25, -0.2) is 4.79 Å². The molecule has 0 unspecified atom stereocenters. The minimum Gasteiger partial charge on any atom is -0.462 e. The number of benzene rings is 1. The summed E-state index contributed by atoms with van der Waals surface area (Å²) in [6.45, 7) is 3.31. The second-order valence-corrected chi connectivity index (χ2v) is 3.66. The van der Waals surface area contributed by atoms with Crippen molar-refractivity contribution in [2.24, 2.45) is 0 Å². The van der Waals surface area contributed by atoms with Crippen molar-refractivity contribution < 1.29 is 14.3 Å². The number of fused-ring (bicyclic) bond motifs is 1. The zero-order chi connectivity index (χ0) is 12.3. The molecule has 2 N–H and O–H groups in total. The van der Waals surface area contributed by atoms with Crippen LogP contribution in [0.2, 0.25) is 0 Å². The number of amides is 1. The summed E-state index contributed by atoms with van der Waals surface area (Å²) in [5.41, 5.74) is 1.67. The fourth-order valence-electron chi connectivity index (χ4n) is 1.70. The second-order valence-electron chi connectivity index (χ2n) is 3.66. The molecule has 5 nitrogen and oxygen atoms in total. The van der Waals surface area contributed by atoms with Crippen LogP contribution in [-0.2, 0) is 4.74 Å². The van der Waals surface area contributed by atoms with Gasteiger partial charge in [0.2, 0.25) is 0 Å². The molecule has 0 fully saturated rings. The van der Waals surface area contributed by atoms with E-state index in [1.54, 1.807) is 25.1 Å². The van der Waals surface area contributed by atoms with Crippen LogP contribution in [0.1, 0.15) is 27.6 Å². The first-order valence-corrected chi connectivity index (χ1v) is 5.55. The lowest BCUT2D eigenvalue weighted by atomic mass is 10.1. The molecule has 0 bridgehead atoms. The van der Waals surface area contributed by atoms with Gasteiger partial charge in [0.05, 0.1) is 17.7 Å². The van der Waals surface area contributed by atoms with E-state index >= 15 is 0 Å². The molecule has 1 aromatic rings. The molecule has 1 aliphatic rings. The molecule has 0 aliphatic carbocycles. The van der Waals surface area contributed by atoms with Crippen LogP contribution in [0, 0.1) is 0 Å². The van der Waals surface area contributed by atoms with Crippen molar-refractivity contribution in [1.29, 1.82) is 0 Å². The predicted molar refractivity (Wildman–Crippen MR) is 63.2 cm³/mol. The predicted octanol–water partition coefficient (Wildman–Crippen LogP) is 1.02. The van der Waals surface area contributed by atoms with Crippen LogP contribution in [0.5, 0.6) is 0 Å². The van der Waals surface area contributed by atoms with E-state index < -0.39 is 0 Å². The zero-order valence-corrected chi connectivity index (χ0v) is 9.58. The Kier molecular flexibility index (Phi) is 3.27. The summed E-state index contributed by atoms with van der Waals surface area (Å²) >= 11 is 0. The standard InChI is InChI=1S/C12H14N2O3/c1-2-17-12(16)8-3-4-9-10(7-8)13-5-6-14-11(9)15/h3-4,7,13H,2,5-6H2,1H3,(H,14,15). The van der Waals surface area contributed by atoms with Gasteiger partial charge in [0.25, 0.3) is 5.91 Å². The third kappa shape index (κ3) is 2.38. The Morgan fingerprint density at radius 1 is 1.35 bits per heavy atom. The van der Waals surface area contributed by atoms with Crippen molar-refractivity contribution in [1.82, 2.24) is 5.32 Å². The molecular weight excluding hydrogens is 220 g/mol. The van der Waals surface area contributed by atoms with Gasteiger partial charge >= 0.3 is 5.97 Å². The number of hydrogen-bond donors (Lipinski definition) is 2. The molecule has 1 heterocycles. The Balaban J connectivity index is 2.32. The fourth-order valence-corrected chi connectivity index (χ4v) is 1.70. The topological polar surface area (TPSA) is 67.4 Å². The Morgan fingerprint density at radius 2 is 2.12 bits per heavy atom. The quantitative estimate of drug-likeness (QED) is 0.750. The lowest BCUT2D eigenvalue weighted by Gasteiger charge is -2.08. The first-order chi connectivity index (χ1) is 8.22. The summed E-state index contributed by atoms with van der Waals surface area (Å²) in [6.07, 6.45) is 0. The molecule has 90 valence electrons. The smallest absolute Gasteiger partial charge is 0.338 e. The maximum atomic E-state index is 11.6. The maximum absolute atomic E-state index is 11.6. The van der Waals surface area contributed by atoms with Gasteiger partial charge in [-0.3, -0.25) is 4.79 Å². The van der Waals surface area contributed by atoms with Crippen molar-refractivity contribution in [3.8, 4) is 0 Å². The van der Waals surface area contributed by atoms with Gasteiger partial charge < -0.3 is 15.4 Å². The lowest BCUT2D eigenvalue weighted by Crippen LogP contribution is -2.24. The van der Waals surface area contributed by atoms with Gasteiger partial charge in [-0.05, 0) is 25.1 Å². The Hall–Kier alpha value is -2.04. The zero-order valence-electron chi connectivity index (χ0n) is 9.58. The van der Waals surface area contributed by atoms with Crippen LogP contribution in [0.15, 0.2) is 18.2 Å². The van der Waals surface area contributed by atoms with Crippen LogP contribution in [0.3, 0.4) is 0 Å². The van der Waals surface area contributed by atoms with Crippen LogP contribution in [-0.4, -0.2) is 31.6 Å². The normalized spacial score (nSPS) is 14.1. The highest BCUT2D eigenvalue weighted by molar-refractivity contribution is 6.02. The summed E-state index contributed by atoms with van der Waals surface area (Å²) in [4.78, 5) is 23.2. The van der Waals surface area contributed by atoms with Crippen LogP contribution < -0.4 is 10.6 Å². The van der Waals surface area contributed by atoms with Gasteiger partial charge in [-0.1, -0.05) is 0 Å². The molecule has 1 amide bonds. The van der Waals surface area contributed by atoms with Gasteiger partial charge in [0.15, 0.2) is 0 Å². The Labute approximate surface area is 99.2 Å². The molecule has 0 spiro atoms. The molecule has 0 radical (unpaired) electrons. The van der Waals surface area contributed by atoms with E-state index in [4.69, 9.17) is 4.74 Å². The molecule has 17 heavy (non-hydrogen) atoms. The summed E-state index contributed by atoms with van der Waals surface area (Å²) in [5.74, 6) is -0.498. The minimum absolute atomic E-state index is 0.125. The summed E-state index contributed by atoms with van der Waals surface area (Å²) in [6, 6.07) is 4.89. The number of ether oxygens (including phenoxy) is 1. The molecule has 1 aliphatic heterocycles. The molecule has 5 heteroatoms. The van der Waals surface area contributed by atoms with Crippen molar-refractivity contribution in [2.45, 2.75) is 6.92 Å².